The molecule has 0 bridgehead atoms. The number of halogens is 1. The van der Waals surface area contributed by atoms with Crippen LogP contribution in [-0.2, 0) is 11.2 Å². The molecule has 1 aliphatic rings. The van der Waals surface area contributed by atoms with Crippen LogP contribution in [-0.4, -0.2) is 27.8 Å². The number of carbonyl (C=O) groups excluding carboxylic acids is 1. The summed E-state index contributed by atoms with van der Waals surface area (Å²) in [6.07, 6.45) is 0.998. The molecule has 1 aromatic heterocycles. The van der Waals surface area contributed by atoms with Crippen LogP contribution in [0.4, 0.5) is 11.9 Å². The highest BCUT2D eigenvalue weighted by molar-refractivity contribution is 6.30. The summed E-state index contributed by atoms with van der Waals surface area (Å²) in [5.74, 6) is 1.46. The highest BCUT2D eigenvalue weighted by Gasteiger charge is 2.31. The van der Waals surface area contributed by atoms with E-state index >= 15 is 0 Å². The number of fused-ring (bicyclic) bond motifs is 1. The van der Waals surface area contributed by atoms with Crippen molar-refractivity contribution in [2.45, 2.75) is 24.9 Å². The summed E-state index contributed by atoms with van der Waals surface area (Å²) in [5, 5.41) is 11.6. The minimum Gasteiger partial charge on any atom is -0.497 e. The quantitative estimate of drug-likeness (QED) is 0.399. The number of carbonyl (C=O) groups is 1. The molecular weight excluding hydrogens is 450 g/mol. The van der Waals surface area contributed by atoms with Gasteiger partial charge >= 0.3 is 0 Å². The summed E-state index contributed by atoms with van der Waals surface area (Å²) in [6.45, 7) is 0. The number of benzene rings is 3. The summed E-state index contributed by atoms with van der Waals surface area (Å²) >= 11 is 6.09. The zero-order valence-electron chi connectivity index (χ0n) is 18.6. The third-order valence-corrected chi connectivity index (χ3v) is 6.17. The predicted octanol–water partition coefficient (Wildman–Crippen LogP) is 5.27. The van der Waals surface area contributed by atoms with E-state index in [-0.39, 0.29) is 30.4 Å². The maximum atomic E-state index is 12.7. The fourth-order valence-corrected chi connectivity index (χ4v) is 4.32. The summed E-state index contributed by atoms with van der Waals surface area (Å²) < 4.78 is 7.02. The Hall–Kier alpha value is -3.84. The van der Waals surface area contributed by atoms with Crippen LogP contribution in [0.15, 0.2) is 78.9 Å². The first-order valence-corrected chi connectivity index (χ1v) is 11.4. The van der Waals surface area contributed by atoms with Gasteiger partial charge in [-0.05, 0) is 47.4 Å². The van der Waals surface area contributed by atoms with Gasteiger partial charge in [0.05, 0.1) is 25.6 Å². The molecule has 2 N–H and O–H groups in total. The van der Waals surface area contributed by atoms with Crippen LogP contribution in [0.2, 0.25) is 5.02 Å². The van der Waals surface area contributed by atoms with Crippen molar-refractivity contribution in [3.8, 4) is 5.75 Å². The summed E-state index contributed by atoms with van der Waals surface area (Å²) in [6, 6.07) is 25.4. The van der Waals surface area contributed by atoms with E-state index in [2.05, 4.69) is 32.8 Å². The fourth-order valence-electron chi connectivity index (χ4n) is 4.19. The number of hydrogen-bond donors (Lipinski definition) is 2. The maximum Gasteiger partial charge on any atom is 0.250 e. The maximum absolute atomic E-state index is 12.7. The Morgan fingerprint density at radius 1 is 1.06 bits per heavy atom. The zero-order valence-corrected chi connectivity index (χ0v) is 19.4. The third kappa shape index (κ3) is 4.75. The largest absolute Gasteiger partial charge is 0.497 e. The van der Waals surface area contributed by atoms with E-state index in [9.17, 15) is 4.79 Å². The molecule has 3 aromatic carbocycles. The zero-order chi connectivity index (χ0) is 23.5. The minimum absolute atomic E-state index is 0.0297. The van der Waals surface area contributed by atoms with E-state index in [0.717, 1.165) is 28.9 Å². The lowest BCUT2D eigenvalue weighted by Crippen LogP contribution is -2.28. The van der Waals surface area contributed by atoms with Crippen molar-refractivity contribution >= 4 is 29.4 Å². The first-order valence-electron chi connectivity index (χ1n) is 11.1. The number of aromatic nitrogens is 3. The van der Waals surface area contributed by atoms with Crippen molar-refractivity contribution in [2.75, 3.05) is 17.7 Å². The number of hydrogen-bond acceptors (Lipinski definition) is 5. The molecule has 1 amide bonds. The standard InChI is InChI=1S/C26H24ClN5O2/c1-34-21-13-7-17(8-14-21)15-24(33)29-25-30-26-28-22(18-9-11-20(27)12-10-18)16-23(32(26)31-25)19-5-3-2-4-6-19/h2-14,22-23H,15-16H2,1H3,(H2,28,29,30,31,33)/t22-,23-/m1/s1. The third-order valence-electron chi connectivity index (χ3n) is 5.92. The van der Waals surface area contributed by atoms with Crippen LogP contribution in [0.3, 0.4) is 0 Å². The Labute approximate surface area is 202 Å². The second-order valence-electron chi connectivity index (χ2n) is 8.19. The monoisotopic (exact) mass is 473 g/mol. The summed E-state index contributed by atoms with van der Waals surface area (Å²) in [7, 11) is 1.61. The van der Waals surface area contributed by atoms with Gasteiger partial charge in [-0.15, -0.1) is 5.10 Å². The minimum atomic E-state index is -0.182. The number of nitrogens with zero attached hydrogens (tertiary/aromatic N) is 3. The van der Waals surface area contributed by atoms with Gasteiger partial charge in [0.2, 0.25) is 11.9 Å². The second-order valence-corrected chi connectivity index (χ2v) is 8.62. The van der Waals surface area contributed by atoms with Gasteiger partial charge in [0.25, 0.3) is 5.95 Å². The lowest BCUT2D eigenvalue weighted by Gasteiger charge is -2.31. The van der Waals surface area contributed by atoms with Gasteiger partial charge < -0.3 is 10.1 Å². The molecule has 2 atom stereocenters. The molecule has 0 spiro atoms. The number of amides is 1. The van der Waals surface area contributed by atoms with Crippen molar-refractivity contribution in [1.29, 1.82) is 0 Å². The predicted molar refractivity (Wildman–Crippen MR) is 132 cm³/mol. The normalized spacial score (nSPS) is 16.9. The average Bonchev–Trinajstić information content (AvgIpc) is 3.27. The van der Waals surface area contributed by atoms with E-state index in [4.69, 9.17) is 16.3 Å². The first-order chi connectivity index (χ1) is 16.6. The van der Waals surface area contributed by atoms with Crippen molar-refractivity contribution in [3.63, 3.8) is 0 Å². The molecule has 2 heterocycles. The molecule has 172 valence electrons. The molecule has 0 unspecified atom stereocenters. The van der Waals surface area contributed by atoms with Gasteiger partial charge in [0.1, 0.15) is 5.75 Å². The van der Waals surface area contributed by atoms with Crippen molar-refractivity contribution in [2.24, 2.45) is 0 Å². The number of anilines is 2. The first kappa shape index (κ1) is 22.0. The number of nitrogens with one attached hydrogen (secondary N) is 2. The van der Waals surface area contributed by atoms with Crippen LogP contribution in [0.25, 0.3) is 0 Å². The lowest BCUT2D eigenvalue weighted by molar-refractivity contribution is -0.115. The molecule has 7 nitrogen and oxygen atoms in total. The van der Waals surface area contributed by atoms with Gasteiger partial charge in [-0.2, -0.15) is 4.98 Å². The van der Waals surface area contributed by atoms with E-state index in [1.807, 2.05) is 71.4 Å². The number of methoxy groups -OCH3 is 1. The van der Waals surface area contributed by atoms with Gasteiger partial charge in [0, 0.05) is 5.02 Å². The summed E-state index contributed by atoms with van der Waals surface area (Å²) in [4.78, 5) is 17.2. The van der Waals surface area contributed by atoms with Crippen molar-refractivity contribution < 1.29 is 9.53 Å². The fraction of sp³-hybridized carbons (Fsp3) is 0.192. The van der Waals surface area contributed by atoms with Crippen molar-refractivity contribution in [3.05, 3.63) is 101 Å². The van der Waals surface area contributed by atoms with Crippen LogP contribution >= 0.6 is 11.6 Å². The molecule has 0 radical (unpaired) electrons. The molecule has 5 rings (SSSR count). The van der Waals surface area contributed by atoms with Crippen LogP contribution in [0.1, 0.15) is 35.2 Å². The van der Waals surface area contributed by atoms with Gasteiger partial charge in [-0.1, -0.05) is 66.2 Å². The molecule has 34 heavy (non-hydrogen) atoms. The molecule has 0 fully saturated rings. The number of rotatable bonds is 6. The Balaban J connectivity index is 1.39. The Bertz CT molecular complexity index is 1270. The topological polar surface area (TPSA) is 81.1 Å². The highest BCUT2D eigenvalue weighted by atomic mass is 35.5. The van der Waals surface area contributed by atoms with Crippen molar-refractivity contribution in [1.82, 2.24) is 14.8 Å². The van der Waals surface area contributed by atoms with Gasteiger partial charge in [-0.3, -0.25) is 10.1 Å². The number of ether oxygens (including phenoxy) is 1. The van der Waals surface area contributed by atoms with E-state index in [1.54, 1.807) is 7.11 Å². The molecule has 8 heteroatoms. The molecule has 1 aliphatic heterocycles. The Morgan fingerprint density at radius 3 is 2.50 bits per heavy atom. The van der Waals surface area contributed by atoms with E-state index in [0.29, 0.717) is 11.0 Å². The van der Waals surface area contributed by atoms with Gasteiger partial charge in [-0.25, -0.2) is 4.68 Å². The molecular formula is C26H24ClN5O2. The van der Waals surface area contributed by atoms with Gasteiger partial charge in [0.15, 0.2) is 0 Å². The van der Waals surface area contributed by atoms with E-state index < -0.39 is 0 Å². The van der Waals surface area contributed by atoms with Crippen LogP contribution in [0.5, 0.6) is 5.75 Å². The lowest BCUT2D eigenvalue weighted by atomic mass is 9.93. The molecule has 0 saturated carbocycles. The molecule has 0 saturated heterocycles. The Morgan fingerprint density at radius 2 is 1.79 bits per heavy atom. The average molecular weight is 474 g/mol. The van der Waals surface area contributed by atoms with E-state index in [1.165, 1.54) is 0 Å². The highest BCUT2D eigenvalue weighted by Crippen LogP contribution is 2.38. The van der Waals surface area contributed by atoms with Crippen LogP contribution < -0.4 is 15.4 Å². The molecule has 4 aromatic rings. The van der Waals surface area contributed by atoms with Crippen LogP contribution in [0, 0.1) is 0 Å². The smallest absolute Gasteiger partial charge is 0.250 e. The second kappa shape index (κ2) is 9.57. The SMILES string of the molecule is COc1ccc(CC(=O)Nc2nc3n(n2)[C@@H](c2ccccc2)C[C@H](c2ccc(Cl)cc2)N3)cc1. The summed E-state index contributed by atoms with van der Waals surface area (Å²) in [5.41, 5.74) is 3.13. The Kier molecular flexibility index (Phi) is 6.18. The molecule has 0 aliphatic carbocycles.